The molecule has 1 aliphatic carbocycles. The van der Waals surface area contributed by atoms with Crippen LogP contribution in [-0.4, -0.2) is 6.61 Å². The fraction of sp³-hybridized carbons (Fsp3) is 0.385. The predicted octanol–water partition coefficient (Wildman–Crippen LogP) is 3.15. The van der Waals surface area contributed by atoms with Gasteiger partial charge in [0.15, 0.2) is 0 Å². The Morgan fingerprint density at radius 2 is 2.38 bits per heavy atom. The molecule has 2 N–H and O–H groups in total. The average molecular weight is 238 g/mol. The molecule has 16 heavy (non-hydrogen) atoms. The number of hydrogen-bond donors (Lipinski definition) is 1. The quantitative estimate of drug-likeness (QED) is 0.877. The molecular formula is C13H16ClNO. The third-order valence-corrected chi connectivity index (χ3v) is 3.09. The van der Waals surface area contributed by atoms with Crippen LogP contribution < -0.4 is 10.5 Å². The lowest BCUT2D eigenvalue weighted by Gasteiger charge is -2.22. The molecule has 3 heteroatoms. The molecular weight excluding hydrogens is 222 g/mol. The Balaban J connectivity index is 2.14. The SMILES string of the molecule is N[C@H]1CCCc2ccc(OC/C=C/Cl)cc21. The Morgan fingerprint density at radius 1 is 1.50 bits per heavy atom. The highest BCUT2D eigenvalue weighted by Crippen LogP contribution is 2.30. The van der Waals surface area contributed by atoms with Crippen molar-refractivity contribution < 1.29 is 4.74 Å². The molecule has 0 bridgehead atoms. The zero-order valence-corrected chi connectivity index (χ0v) is 9.91. The van der Waals surface area contributed by atoms with Crippen LogP contribution in [0.5, 0.6) is 5.75 Å². The minimum Gasteiger partial charge on any atom is -0.489 e. The number of halogens is 1. The Labute approximate surface area is 101 Å². The van der Waals surface area contributed by atoms with E-state index in [1.807, 2.05) is 6.07 Å². The van der Waals surface area contributed by atoms with E-state index in [2.05, 4.69) is 12.1 Å². The summed E-state index contributed by atoms with van der Waals surface area (Å²) in [4.78, 5) is 0. The molecule has 0 fully saturated rings. The van der Waals surface area contributed by atoms with Crippen molar-refractivity contribution in [1.29, 1.82) is 0 Å². The lowest BCUT2D eigenvalue weighted by atomic mass is 9.88. The number of ether oxygens (including phenoxy) is 1. The van der Waals surface area contributed by atoms with Gasteiger partial charge >= 0.3 is 0 Å². The Hall–Kier alpha value is -0.990. The van der Waals surface area contributed by atoms with Gasteiger partial charge in [-0.3, -0.25) is 0 Å². The summed E-state index contributed by atoms with van der Waals surface area (Å²) in [6, 6.07) is 6.34. The van der Waals surface area contributed by atoms with Crippen LogP contribution in [0.1, 0.15) is 30.0 Å². The van der Waals surface area contributed by atoms with Gasteiger partial charge in [-0.2, -0.15) is 0 Å². The monoisotopic (exact) mass is 237 g/mol. The topological polar surface area (TPSA) is 35.2 Å². The van der Waals surface area contributed by atoms with Gasteiger partial charge in [0.2, 0.25) is 0 Å². The summed E-state index contributed by atoms with van der Waals surface area (Å²) in [6.45, 7) is 0.498. The van der Waals surface area contributed by atoms with Gasteiger partial charge in [0.25, 0.3) is 0 Å². The summed E-state index contributed by atoms with van der Waals surface area (Å²) < 4.78 is 5.53. The standard InChI is InChI=1S/C13H16ClNO/c14-7-2-8-16-11-6-5-10-3-1-4-13(15)12(10)9-11/h2,5-7,9,13H,1,3-4,8,15H2/b7-2+/t13-/m0/s1. The van der Waals surface area contributed by atoms with Crippen molar-refractivity contribution >= 4 is 11.6 Å². The number of nitrogens with two attached hydrogens (primary N) is 1. The van der Waals surface area contributed by atoms with Crippen LogP contribution in [-0.2, 0) is 6.42 Å². The molecule has 0 amide bonds. The molecule has 0 saturated carbocycles. The number of benzene rings is 1. The molecule has 0 unspecified atom stereocenters. The Kier molecular flexibility index (Phi) is 3.86. The molecule has 0 heterocycles. The minimum atomic E-state index is 0.163. The first kappa shape index (κ1) is 11.5. The lowest BCUT2D eigenvalue weighted by molar-refractivity contribution is 0.361. The largest absolute Gasteiger partial charge is 0.489 e. The summed E-state index contributed by atoms with van der Waals surface area (Å²) in [5.41, 5.74) is 10.1. The highest BCUT2D eigenvalue weighted by atomic mass is 35.5. The van der Waals surface area contributed by atoms with E-state index in [9.17, 15) is 0 Å². The summed E-state index contributed by atoms with van der Waals surface area (Å²) in [5, 5.41) is 0. The summed E-state index contributed by atoms with van der Waals surface area (Å²) in [5.74, 6) is 0.867. The summed E-state index contributed by atoms with van der Waals surface area (Å²) in [6.07, 6.45) is 5.15. The van der Waals surface area contributed by atoms with Crippen molar-refractivity contribution in [1.82, 2.24) is 0 Å². The third kappa shape index (κ3) is 2.57. The van der Waals surface area contributed by atoms with E-state index in [4.69, 9.17) is 22.1 Å². The van der Waals surface area contributed by atoms with Gasteiger partial charge in [0.1, 0.15) is 12.4 Å². The first-order valence-electron chi connectivity index (χ1n) is 5.57. The van der Waals surface area contributed by atoms with Gasteiger partial charge in [-0.25, -0.2) is 0 Å². The maximum Gasteiger partial charge on any atom is 0.120 e. The molecule has 1 atom stereocenters. The van der Waals surface area contributed by atoms with Crippen LogP contribution in [0, 0.1) is 0 Å². The third-order valence-electron chi connectivity index (χ3n) is 2.91. The van der Waals surface area contributed by atoms with Crippen LogP contribution in [0.2, 0.25) is 0 Å². The molecule has 0 radical (unpaired) electrons. The smallest absolute Gasteiger partial charge is 0.120 e. The molecule has 0 aliphatic heterocycles. The lowest BCUT2D eigenvalue weighted by Crippen LogP contribution is -2.17. The van der Waals surface area contributed by atoms with Crippen molar-refractivity contribution in [2.45, 2.75) is 25.3 Å². The van der Waals surface area contributed by atoms with Crippen molar-refractivity contribution in [3.63, 3.8) is 0 Å². The second kappa shape index (κ2) is 5.37. The first-order chi connectivity index (χ1) is 7.81. The summed E-state index contributed by atoms with van der Waals surface area (Å²) >= 11 is 5.43. The molecule has 1 aliphatic rings. The normalized spacial score (nSPS) is 19.8. The molecule has 0 saturated heterocycles. The summed E-state index contributed by atoms with van der Waals surface area (Å²) in [7, 11) is 0. The van der Waals surface area contributed by atoms with E-state index in [1.165, 1.54) is 23.1 Å². The number of fused-ring (bicyclic) bond motifs is 1. The first-order valence-corrected chi connectivity index (χ1v) is 6.01. The van der Waals surface area contributed by atoms with Crippen molar-refractivity contribution in [2.24, 2.45) is 5.73 Å². The van der Waals surface area contributed by atoms with Gasteiger partial charge in [-0.15, -0.1) is 0 Å². The van der Waals surface area contributed by atoms with E-state index in [1.54, 1.807) is 6.08 Å². The highest BCUT2D eigenvalue weighted by molar-refractivity contribution is 6.25. The van der Waals surface area contributed by atoms with Gasteiger partial charge in [0.05, 0.1) is 0 Å². The Morgan fingerprint density at radius 3 is 3.19 bits per heavy atom. The van der Waals surface area contributed by atoms with Gasteiger partial charge in [-0.1, -0.05) is 17.7 Å². The van der Waals surface area contributed by atoms with Crippen molar-refractivity contribution in [2.75, 3.05) is 6.61 Å². The maximum atomic E-state index is 6.08. The number of rotatable bonds is 3. The van der Waals surface area contributed by atoms with Crippen LogP contribution in [0.3, 0.4) is 0 Å². The molecule has 86 valence electrons. The van der Waals surface area contributed by atoms with Crippen molar-refractivity contribution in [3.8, 4) is 5.75 Å². The van der Waals surface area contributed by atoms with Crippen LogP contribution in [0.15, 0.2) is 29.8 Å². The zero-order chi connectivity index (χ0) is 11.4. The maximum absolute atomic E-state index is 6.08. The van der Waals surface area contributed by atoms with Crippen LogP contribution in [0.4, 0.5) is 0 Å². The van der Waals surface area contributed by atoms with Gasteiger partial charge in [-0.05, 0) is 48.6 Å². The fourth-order valence-electron chi connectivity index (χ4n) is 2.08. The molecule has 2 rings (SSSR count). The molecule has 0 aromatic heterocycles. The van der Waals surface area contributed by atoms with Gasteiger partial charge in [0, 0.05) is 11.6 Å². The van der Waals surface area contributed by atoms with E-state index in [-0.39, 0.29) is 6.04 Å². The predicted molar refractivity (Wildman–Crippen MR) is 66.8 cm³/mol. The highest BCUT2D eigenvalue weighted by Gasteiger charge is 2.16. The zero-order valence-electron chi connectivity index (χ0n) is 9.16. The molecule has 1 aromatic carbocycles. The van der Waals surface area contributed by atoms with Crippen LogP contribution in [0.25, 0.3) is 0 Å². The Bertz CT molecular complexity index is 390. The molecule has 1 aromatic rings. The van der Waals surface area contributed by atoms with E-state index in [0.29, 0.717) is 6.61 Å². The van der Waals surface area contributed by atoms with E-state index < -0.39 is 0 Å². The number of aryl methyl sites for hydroxylation is 1. The molecule has 0 spiro atoms. The number of hydrogen-bond acceptors (Lipinski definition) is 2. The molecule has 2 nitrogen and oxygen atoms in total. The van der Waals surface area contributed by atoms with E-state index in [0.717, 1.165) is 18.6 Å². The van der Waals surface area contributed by atoms with Gasteiger partial charge < -0.3 is 10.5 Å². The fourth-order valence-corrected chi connectivity index (χ4v) is 2.16. The second-order valence-electron chi connectivity index (χ2n) is 4.03. The minimum absolute atomic E-state index is 0.163. The van der Waals surface area contributed by atoms with E-state index >= 15 is 0 Å². The van der Waals surface area contributed by atoms with Crippen LogP contribution >= 0.6 is 11.6 Å². The average Bonchev–Trinajstić information content (AvgIpc) is 2.30. The second-order valence-corrected chi connectivity index (χ2v) is 4.28. The van der Waals surface area contributed by atoms with Crippen molar-refractivity contribution in [3.05, 3.63) is 40.9 Å².